The minimum absolute atomic E-state index is 0.0303. The molecule has 2 aromatic rings. The lowest BCUT2D eigenvalue weighted by Crippen LogP contribution is -2.26. The molecule has 2 N–H and O–H groups in total. The number of carbonyl (C=O) groups excluding carboxylic acids is 1. The quantitative estimate of drug-likeness (QED) is 0.838. The van der Waals surface area contributed by atoms with Crippen molar-refractivity contribution in [1.29, 1.82) is 5.26 Å². The van der Waals surface area contributed by atoms with Crippen LogP contribution in [0.4, 0.5) is 5.82 Å². The molecule has 1 amide bonds. The zero-order valence-electron chi connectivity index (χ0n) is 11.1. The summed E-state index contributed by atoms with van der Waals surface area (Å²) in [6.07, 6.45) is 0. The van der Waals surface area contributed by atoms with Crippen LogP contribution in [0.2, 0.25) is 0 Å². The number of amides is 1. The lowest BCUT2D eigenvalue weighted by atomic mass is 10.2. The first-order valence-electron chi connectivity index (χ1n) is 5.76. The Morgan fingerprint density at radius 3 is 2.65 bits per heavy atom. The van der Waals surface area contributed by atoms with E-state index in [-0.39, 0.29) is 17.1 Å². The van der Waals surface area contributed by atoms with E-state index >= 15 is 0 Å². The number of anilines is 1. The summed E-state index contributed by atoms with van der Waals surface area (Å²) in [5.74, 6) is -0.419. The van der Waals surface area contributed by atoms with Crippen molar-refractivity contribution in [2.75, 3.05) is 19.9 Å². The van der Waals surface area contributed by atoms with Gasteiger partial charge in [-0.3, -0.25) is 9.63 Å². The number of nitrogens with two attached hydrogens (primary N) is 1. The Kier molecular flexibility index (Phi) is 3.68. The smallest absolute Gasteiger partial charge is 0.299 e. The number of nitrogen functional groups attached to an aromatic ring is 1. The SMILES string of the molecule is CON(C)C(=O)c1nn(-c2ccccc2)c(N)c1C#N. The molecule has 0 saturated carbocycles. The molecule has 0 saturated heterocycles. The van der Waals surface area contributed by atoms with Gasteiger partial charge in [0.2, 0.25) is 0 Å². The third kappa shape index (κ3) is 2.20. The molecule has 1 aromatic carbocycles. The molecule has 20 heavy (non-hydrogen) atoms. The summed E-state index contributed by atoms with van der Waals surface area (Å²) < 4.78 is 1.36. The minimum atomic E-state index is -0.537. The number of rotatable bonds is 3. The molecule has 0 aliphatic rings. The topological polar surface area (TPSA) is 97.2 Å². The van der Waals surface area contributed by atoms with Gasteiger partial charge < -0.3 is 5.73 Å². The van der Waals surface area contributed by atoms with Gasteiger partial charge in [0.15, 0.2) is 5.69 Å². The van der Waals surface area contributed by atoms with E-state index in [1.54, 1.807) is 12.1 Å². The Morgan fingerprint density at radius 1 is 1.45 bits per heavy atom. The van der Waals surface area contributed by atoms with Crippen molar-refractivity contribution < 1.29 is 9.63 Å². The van der Waals surface area contributed by atoms with Crippen LogP contribution in [0.3, 0.4) is 0 Å². The number of hydrogen-bond donors (Lipinski definition) is 1. The minimum Gasteiger partial charge on any atom is -0.382 e. The third-order valence-electron chi connectivity index (χ3n) is 2.80. The Balaban J connectivity index is 2.56. The predicted molar refractivity (Wildman–Crippen MR) is 71.8 cm³/mol. The van der Waals surface area contributed by atoms with Crippen LogP contribution in [-0.4, -0.2) is 34.9 Å². The van der Waals surface area contributed by atoms with Crippen LogP contribution in [0.5, 0.6) is 0 Å². The summed E-state index contributed by atoms with van der Waals surface area (Å²) in [6, 6.07) is 10.9. The third-order valence-corrected chi connectivity index (χ3v) is 2.80. The van der Waals surface area contributed by atoms with Crippen molar-refractivity contribution in [2.45, 2.75) is 0 Å². The predicted octanol–water partition coefficient (Wildman–Crippen LogP) is 0.960. The van der Waals surface area contributed by atoms with E-state index in [4.69, 9.17) is 15.8 Å². The van der Waals surface area contributed by atoms with Gasteiger partial charge in [0.1, 0.15) is 17.5 Å². The second-order valence-corrected chi connectivity index (χ2v) is 3.95. The Labute approximate surface area is 115 Å². The number of aromatic nitrogens is 2. The van der Waals surface area contributed by atoms with Gasteiger partial charge in [-0.1, -0.05) is 18.2 Å². The fraction of sp³-hybridized carbons (Fsp3) is 0.154. The molecule has 7 nitrogen and oxygen atoms in total. The monoisotopic (exact) mass is 271 g/mol. The summed E-state index contributed by atoms with van der Waals surface area (Å²) in [5, 5.41) is 14.3. The molecule has 0 aliphatic carbocycles. The lowest BCUT2D eigenvalue weighted by molar-refractivity contribution is -0.0760. The summed E-state index contributed by atoms with van der Waals surface area (Å²) in [5.41, 5.74) is 6.55. The van der Waals surface area contributed by atoms with Crippen LogP contribution in [-0.2, 0) is 4.84 Å². The van der Waals surface area contributed by atoms with Gasteiger partial charge in [-0.2, -0.15) is 10.4 Å². The second kappa shape index (κ2) is 5.42. The van der Waals surface area contributed by atoms with Crippen molar-refractivity contribution in [2.24, 2.45) is 0 Å². The number of para-hydroxylation sites is 1. The molecule has 0 fully saturated rings. The number of hydroxylamine groups is 2. The van der Waals surface area contributed by atoms with Crippen molar-refractivity contribution in [1.82, 2.24) is 14.8 Å². The summed E-state index contributed by atoms with van der Waals surface area (Å²) >= 11 is 0. The Bertz CT molecular complexity index is 672. The van der Waals surface area contributed by atoms with Gasteiger partial charge in [0.05, 0.1) is 12.8 Å². The Hall–Kier alpha value is -2.85. The van der Waals surface area contributed by atoms with Crippen LogP contribution >= 0.6 is 0 Å². The largest absolute Gasteiger partial charge is 0.382 e. The van der Waals surface area contributed by atoms with E-state index in [1.807, 2.05) is 24.3 Å². The van der Waals surface area contributed by atoms with Gasteiger partial charge in [0, 0.05) is 7.05 Å². The van der Waals surface area contributed by atoms with Crippen LogP contribution in [0, 0.1) is 11.3 Å². The van der Waals surface area contributed by atoms with Crippen molar-refractivity contribution in [3.05, 3.63) is 41.6 Å². The Morgan fingerprint density at radius 2 is 2.10 bits per heavy atom. The molecule has 0 spiro atoms. The number of carbonyl (C=O) groups is 1. The first-order chi connectivity index (χ1) is 9.60. The average Bonchev–Trinajstić information content (AvgIpc) is 2.83. The molecule has 1 aromatic heterocycles. The number of benzene rings is 1. The van der Waals surface area contributed by atoms with E-state index in [9.17, 15) is 4.79 Å². The van der Waals surface area contributed by atoms with Crippen LogP contribution in [0.15, 0.2) is 30.3 Å². The van der Waals surface area contributed by atoms with Gasteiger partial charge in [-0.15, -0.1) is 0 Å². The standard InChI is InChI=1S/C13H13N5O2/c1-17(20-2)13(19)11-10(8-14)12(15)18(16-11)9-6-4-3-5-7-9/h3-7H,15H2,1-2H3. The van der Waals surface area contributed by atoms with Crippen molar-refractivity contribution in [3.8, 4) is 11.8 Å². The molecule has 102 valence electrons. The van der Waals surface area contributed by atoms with Crippen molar-refractivity contribution >= 4 is 11.7 Å². The highest BCUT2D eigenvalue weighted by atomic mass is 16.7. The fourth-order valence-corrected chi connectivity index (χ4v) is 1.69. The van der Waals surface area contributed by atoms with Gasteiger partial charge >= 0.3 is 0 Å². The van der Waals surface area contributed by atoms with Gasteiger partial charge in [-0.05, 0) is 12.1 Å². The van der Waals surface area contributed by atoms with E-state index < -0.39 is 5.91 Å². The van der Waals surface area contributed by atoms with E-state index in [0.717, 1.165) is 5.06 Å². The summed E-state index contributed by atoms with van der Waals surface area (Å²) in [7, 11) is 2.78. The molecule has 2 rings (SSSR count). The molecule has 0 bridgehead atoms. The zero-order chi connectivity index (χ0) is 14.7. The summed E-state index contributed by atoms with van der Waals surface area (Å²) in [4.78, 5) is 16.9. The zero-order valence-corrected chi connectivity index (χ0v) is 11.1. The highest BCUT2D eigenvalue weighted by molar-refractivity contribution is 5.95. The average molecular weight is 271 g/mol. The number of nitriles is 1. The lowest BCUT2D eigenvalue weighted by Gasteiger charge is -2.11. The van der Waals surface area contributed by atoms with E-state index in [1.165, 1.54) is 18.8 Å². The first-order valence-corrected chi connectivity index (χ1v) is 5.76. The molecule has 0 radical (unpaired) electrons. The van der Waals surface area contributed by atoms with Crippen LogP contribution in [0.25, 0.3) is 5.69 Å². The van der Waals surface area contributed by atoms with Crippen molar-refractivity contribution in [3.63, 3.8) is 0 Å². The number of hydrogen-bond acceptors (Lipinski definition) is 5. The maximum absolute atomic E-state index is 12.1. The maximum Gasteiger partial charge on any atom is 0.299 e. The fourth-order valence-electron chi connectivity index (χ4n) is 1.69. The second-order valence-electron chi connectivity index (χ2n) is 3.95. The highest BCUT2D eigenvalue weighted by Crippen LogP contribution is 2.21. The van der Waals surface area contributed by atoms with Gasteiger partial charge in [-0.25, -0.2) is 9.75 Å². The van der Waals surface area contributed by atoms with Crippen LogP contribution < -0.4 is 5.73 Å². The molecule has 0 unspecified atom stereocenters. The number of nitrogens with zero attached hydrogens (tertiary/aromatic N) is 4. The molecule has 0 aliphatic heterocycles. The first kappa shape index (κ1) is 13.6. The van der Waals surface area contributed by atoms with Gasteiger partial charge in [0.25, 0.3) is 5.91 Å². The highest BCUT2D eigenvalue weighted by Gasteiger charge is 2.24. The molecular weight excluding hydrogens is 258 g/mol. The molecule has 1 heterocycles. The van der Waals surface area contributed by atoms with Crippen LogP contribution in [0.1, 0.15) is 16.1 Å². The summed E-state index contributed by atoms with van der Waals surface area (Å²) in [6.45, 7) is 0. The maximum atomic E-state index is 12.1. The molecular formula is C13H13N5O2. The molecule has 7 heteroatoms. The van der Waals surface area contributed by atoms with E-state index in [2.05, 4.69) is 5.10 Å². The normalized spacial score (nSPS) is 10.1. The van der Waals surface area contributed by atoms with E-state index in [0.29, 0.717) is 5.69 Å². The molecule has 0 atom stereocenters.